The molecule has 0 bridgehead atoms. The largest absolute Gasteiger partial charge is 0.478 e. The minimum Gasteiger partial charge on any atom is -0.478 e. The number of alkyl halides is 10. The van der Waals surface area contributed by atoms with E-state index in [4.69, 9.17) is 0 Å². The van der Waals surface area contributed by atoms with Crippen LogP contribution in [0.25, 0.3) is 55.6 Å². The van der Waals surface area contributed by atoms with Crippen molar-refractivity contribution in [2.24, 2.45) is 27.1 Å². The van der Waals surface area contributed by atoms with Crippen molar-refractivity contribution < 1.29 is 97.9 Å². The molecular weight excluding hydrogens is 1630 g/mol. The molecule has 11 nitrogen and oxygen atoms in total. The molecule has 0 saturated heterocycles. The molecule has 15 rings (SSSR count). The Balaban J connectivity index is 0.000000153. The van der Waals surface area contributed by atoms with Crippen molar-refractivity contribution in [2.45, 2.75) is 255 Å². The number of halogens is 10. The number of hydrogen-bond acceptors (Lipinski definition) is 10. The van der Waals surface area contributed by atoms with Gasteiger partial charge in [0.05, 0.1) is 32.0 Å². The van der Waals surface area contributed by atoms with Crippen molar-refractivity contribution in [2.75, 3.05) is 0 Å². The van der Waals surface area contributed by atoms with Crippen LogP contribution in [0, 0.1) is 27.1 Å². The van der Waals surface area contributed by atoms with E-state index >= 15 is 0 Å². The summed E-state index contributed by atoms with van der Waals surface area (Å²) in [5.41, 5.74) is 19.4. The van der Waals surface area contributed by atoms with E-state index in [0.29, 0.717) is 23.7 Å². The molecule has 0 aromatic heterocycles. The van der Waals surface area contributed by atoms with E-state index in [1.165, 1.54) is 78.3 Å². The Morgan fingerprint density at radius 2 is 0.476 bits per heavy atom. The molecule has 3 unspecified atom stereocenters. The number of carbonyl (C=O) groups is 1. The molecule has 0 heterocycles. The zero-order valence-electron chi connectivity index (χ0n) is 73.4. The van der Waals surface area contributed by atoms with E-state index in [-0.39, 0.29) is 93.7 Å². The van der Waals surface area contributed by atoms with Crippen LogP contribution in [-0.2, 0) is 26.4 Å². The molecule has 674 valence electrons. The number of aliphatic hydroxyl groups is 4. The first-order valence-electron chi connectivity index (χ1n) is 43.5. The molecule has 5 fully saturated rings. The normalized spacial score (nSPS) is 19.3. The molecule has 5 N–H and O–H groups in total. The smallest absolute Gasteiger partial charge is 0.387 e. The second-order valence-electron chi connectivity index (χ2n) is 37.1. The zero-order chi connectivity index (χ0) is 91.0. The number of carboxylic acid groups (broad SMARTS) is 1. The Kier molecular flexibility index (Phi) is 32.6. The summed E-state index contributed by atoms with van der Waals surface area (Å²) in [4.78, 5) is 11.4. The third-order valence-electron chi connectivity index (χ3n) is 26.5. The third-order valence-corrected chi connectivity index (χ3v) is 26.5. The van der Waals surface area contributed by atoms with Crippen molar-refractivity contribution in [1.29, 1.82) is 0 Å². The number of carboxylic acids is 1. The predicted octanol–water partition coefficient (Wildman–Crippen LogP) is 28.9. The molecule has 10 aromatic rings. The van der Waals surface area contributed by atoms with Gasteiger partial charge in [-0.25, -0.2) is 4.79 Å². The second-order valence-corrected chi connectivity index (χ2v) is 37.1. The Bertz CT molecular complexity index is 4770. The number of aromatic carboxylic acids is 1. The molecule has 10 aromatic carbocycles. The number of benzene rings is 10. The Morgan fingerprint density at radius 1 is 0.286 bits per heavy atom. The van der Waals surface area contributed by atoms with Crippen LogP contribution in [0.2, 0.25) is 0 Å². The lowest BCUT2D eigenvalue weighted by Crippen LogP contribution is -2.17. The van der Waals surface area contributed by atoms with Gasteiger partial charge in [0, 0.05) is 0 Å². The van der Waals surface area contributed by atoms with Crippen LogP contribution < -0.4 is 23.7 Å². The highest BCUT2D eigenvalue weighted by Gasteiger charge is 2.42. The van der Waals surface area contributed by atoms with Gasteiger partial charge in [-0.05, 0) is 299 Å². The van der Waals surface area contributed by atoms with E-state index in [1.807, 2.05) is 78.9 Å². The van der Waals surface area contributed by atoms with E-state index in [9.17, 15) is 74.2 Å². The lowest BCUT2D eigenvalue weighted by molar-refractivity contribution is -0.0505. The molecule has 5 atom stereocenters. The van der Waals surface area contributed by atoms with Gasteiger partial charge in [0.15, 0.2) is 0 Å². The molecule has 5 aliphatic carbocycles. The molecule has 0 amide bonds. The highest BCUT2D eigenvalue weighted by Crippen LogP contribution is 2.57. The van der Waals surface area contributed by atoms with Gasteiger partial charge in [0.1, 0.15) is 28.7 Å². The molecule has 0 spiro atoms. The highest BCUT2D eigenvalue weighted by molar-refractivity contribution is 5.89. The van der Waals surface area contributed by atoms with Gasteiger partial charge in [-0.2, -0.15) is 43.9 Å². The molecule has 0 aliphatic heterocycles. The standard InChI is InChI=1S/C21H22F2O3.4C21H24F2O2/c1-21(2)10-4-7-18(21)17-12-14(19(24)25)8-9-16(17)13-5-3-6-15(11-13)26-20(22)23;4*1-21(2)10-4-7-19(21)18-11-14(13-24)8-9-17(18)15-5-3-6-16(12-15)25-20(22)23/h3,5-6,8-9,11-12,18,20H,4,7,10H2,1-2H3,(H,24,25);4*3,5-6,8-9,11-12,19-20,24H,4,7,10,13H2,1-2H3/t;2*19-;;/m.10../s1. The van der Waals surface area contributed by atoms with Crippen LogP contribution >= 0.6 is 0 Å². The summed E-state index contributed by atoms with van der Waals surface area (Å²) in [6.45, 7) is 8.34. The number of ether oxygens (including phenoxy) is 5. The van der Waals surface area contributed by atoms with Crippen LogP contribution in [0.3, 0.4) is 0 Å². The maximum atomic E-state index is 12.5. The first-order valence-corrected chi connectivity index (χ1v) is 43.5. The molecule has 0 radical (unpaired) electrons. The van der Waals surface area contributed by atoms with Crippen molar-refractivity contribution >= 4 is 5.97 Å². The second kappa shape index (κ2) is 42.6. The van der Waals surface area contributed by atoms with Gasteiger partial charge in [0.2, 0.25) is 0 Å². The summed E-state index contributed by atoms with van der Waals surface area (Å²) in [6, 6.07) is 62.8. The summed E-state index contributed by atoms with van der Waals surface area (Å²) >= 11 is 0. The monoisotopic (exact) mass is 1740 g/mol. The minimum atomic E-state index is -2.88. The van der Waals surface area contributed by atoms with E-state index in [0.717, 1.165) is 154 Å². The Hall–Kier alpha value is -10.2. The minimum absolute atomic E-state index is 0.00500. The number of hydrogen-bond donors (Lipinski definition) is 5. The fraction of sp³-hybridized carbons (Fsp3) is 0.419. The van der Waals surface area contributed by atoms with Crippen LogP contribution in [0.15, 0.2) is 212 Å². The van der Waals surface area contributed by atoms with E-state index in [2.05, 4.69) is 117 Å². The van der Waals surface area contributed by atoms with Gasteiger partial charge in [0.25, 0.3) is 0 Å². The Labute approximate surface area is 734 Å². The van der Waals surface area contributed by atoms with Crippen LogP contribution in [-0.4, -0.2) is 64.6 Å². The summed E-state index contributed by atoms with van der Waals surface area (Å²) in [5, 5.41) is 47.5. The van der Waals surface area contributed by atoms with Crippen molar-refractivity contribution in [3.63, 3.8) is 0 Å². The maximum Gasteiger partial charge on any atom is 0.387 e. The lowest BCUT2D eigenvalue weighted by Gasteiger charge is -2.29. The van der Waals surface area contributed by atoms with Crippen LogP contribution in [0.1, 0.15) is 256 Å². The summed E-state index contributed by atoms with van der Waals surface area (Å²) in [5.74, 6) is 1.53. The van der Waals surface area contributed by atoms with E-state index < -0.39 is 39.0 Å². The highest BCUT2D eigenvalue weighted by atomic mass is 19.3. The number of rotatable bonds is 25. The topological polar surface area (TPSA) is 164 Å². The molecule has 21 heteroatoms. The van der Waals surface area contributed by atoms with Gasteiger partial charge in [-0.3, -0.25) is 0 Å². The van der Waals surface area contributed by atoms with Crippen molar-refractivity contribution in [3.05, 3.63) is 268 Å². The van der Waals surface area contributed by atoms with Gasteiger partial charge >= 0.3 is 39.0 Å². The fourth-order valence-electron chi connectivity index (χ4n) is 20.0. The fourth-order valence-corrected chi connectivity index (χ4v) is 20.0. The number of aliphatic hydroxyl groups excluding tert-OH is 4. The molecule has 5 aliphatic rings. The Morgan fingerprint density at radius 3 is 0.643 bits per heavy atom. The summed E-state index contributed by atoms with van der Waals surface area (Å²) in [7, 11) is 0. The van der Waals surface area contributed by atoms with E-state index in [1.54, 1.807) is 78.9 Å². The first kappa shape index (κ1) is 96.4. The van der Waals surface area contributed by atoms with Gasteiger partial charge in [-0.1, -0.05) is 241 Å². The van der Waals surface area contributed by atoms with Crippen molar-refractivity contribution in [3.8, 4) is 84.4 Å². The predicted molar refractivity (Wildman–Crippen MR) is 475 cm³/mol. The maximum absolute atomic E-state index is 12.5. The van der Waals surface area contributed by atoms with Gasteiger partial charge < -0.3 is 49.2 Å². The molecule has 5 saturated carbocycles. The third kappa shape index (κ3) is 24.8. The summed E-state index contributed by atoms with van der Waals surface area (Å²) in [6.07, 6.45) is 16.9. The van der Waals surface area contributed by atoms with Crippen LogP contribution in [0.5, 0.6) is 28.7 Å². The SMILES string of the molecule is CC1(C)CCCC1c1cc(C(=O)O)ccc1-c1cccc(OC(F)F)c1.CC1(C)CCCC1c1cc(CO)ccc1-c1cccc(OC(F)F)c1.CC1(C)CCCC1c1cc(CO)ccc1-c1cccc(OC(F)F)c1.CC1(C)CCC[C@@H]1c1cc(CO)ccc1-c1cccc(OC(F)F)c1.CC1(C)CCC[C@H]1c1cc(CO)ccc1-c1cccc(OC(F)F)c1. The summed E-state index contributed by atoms with van der Waals surface area (Å²) < 4.78 is 148. The average Bonchev–Trinajstić information content (AvgIpc) is 1.54. The van der Waals surface area contributed by atoms with Gasteiger partial charge in [-0.15, -0.1) is 0 Å². The lowest BCUT2D eigenvalue weighted by atomic mass is 9.75. The van der Waals surface area contributed by atoms with Crippen molar-refractivity contribution in [1.82, 2.24) is 0 Å². The average molecular weight is 1750 g/mol. The molecular formula is C105H118F10O11. The molecule has 126 heavy (non-hydrogen) atoms. The zero-order valence-corrected chi connectivity index (χ0v) is 73.4. The first-order chi connectivity index (χ1) is 59.9. The quantitative estimate of drug-likeness (QED) is 0.0346. The van der Waals surface area contributed by atoms with Crippen LogP contribution in [0.4, 0.5) is 43.9 Å².